The van der Waals surface area contributed by atoms with Gasteiger partial charge in [-0.2, -0.15) is 0 Å². The lowest BCUT2D eigenvalue weighted by atomic mass is 10.2. The number of hydrogen-bond donors (Lipinski definition) is 1. The van der Waals surface area contributed by atoms with Gasteiger partial charge in [0.05, 0.1) is 0 Å². The van der Waals surface area contributed by atoms with Crippen molar-refractivity contribution < 1.29 is 4.79 Å². The minimum absolute atomic E-state index is 0.0222. The monoisotopic (exact) mass is 298 g/mol. The van der Waals surface area contributed by atoms with E-state index in [4.69, 9.17) is 0 Å². The van der Waals surface area contributed by atoms with E-state index < -0.39 is 0 Å². The second-order valence-corrected chi connectivity index (χ2v) is 5.82. The van der Waals surface area contributed by atoms with E-state index in [9.17, 15) is 4.79 Å². The van der Waals surface area contributed by atoms with Crippen LogP contribution in [0.1, 0.15) is 62.7 Å². The summed E-state index contributed by atoms with van der Waals surface area (Å²) in [7, 11) is 0. The molecule has 0 unspecified atom stereocenters. The standard InChI is InChI=1S/C14H26N4OS/c1-4-7-10-18(11-8-5-2)13(19)12-16-17-14(20-12)15-9-6-3/h4-11H2,1-3H3,(H,15,17). The maximum Gasteiger partial charge on any atom is 0.284 e. The van der Waals surface area contributed by atoms with Crippen LogP contribution in [0, 0.1) is 0 Å². The summed E-state index contributed by atoms with van der Waals surface area (Å²) in [6.45, 7) is 8.86. The molecule has 0 bridgehead atoms. The molecular formula is C14H26N4OS. The summed E-state index contributed by atoms with van der Waals surface area (Å²) in [4.78, 5) is 14.4. The van der Waals surface area contributed by atoms with Crippen molar-refractivity contribution in [1.29, 1.82) is 0 Å². The number of carbonyl (C=O) groups is 1. The molecule has 0 spiro atoms. The molecule has 0 aliphatic carbocycles. The van der Waals surface area contributed by atoms with Crippen LogP contribution in [0.5, 0.6) is 0 Å². The van der Waals surface area contributed by atoms with Gasteiger partial charge in [-0.1, -0.05) is 44.9 Å². The first kappa shape index (κ1) is 16.9. The minimum Gasteiger partial charge on any atom is -0.360 e. The Morgan fingerprint density at radius 2 is 1.75 bits per heavy atom. The second-order valence-electron chi connectivity index (χ2n) is 4.84. The van der Waals surface area contributed by atoms with Crippen LogP contribution < -0.4 is 5.32 Å². The zero-order valence-electron chi connectivity index (χ0n) is 12.8. The summed E-state index contributed by atoms with van der Waals surface area (Å²) in [6, 6.07) is 0. The average Bonchev–Trinajstić information content (AvgIpc) is 2.93. The first-order valence-corrected chi connectivity index (χ1v) is 8.41. The third kappa shape index (κ3) is 5.45. The van der Waals surface area contributed by atoms with Crippen molar-refractivity contribution >= 4 is 22.4 Å². The highest BCUT2D eigenvalue weighted by molar-refractivity contribution is 7.17. The maximum absolute atomic E-state index is 12.4. The molecule has 0 fully saturated rings. The second kappa shape index (κ2) is 9.69. The van der Waals surface area contributed by atoms with E-state index in [0.717, 1.165) is 56.9 Å². The smallest absolute Gasteiger partial charge is 0.284 e. The Bertz CT molecular complexity index is 386. The lowest BCUT2D eigenvalue weighted by Gasteiger charge is -2.20. The van der Waals surface area contributed by atoms with Crippen LogP contribution >= 0.6 is 11.3 Å². The molecular weight excluding hydrogens is 272 g/mol. The minimum atomic E-state index is 0.0222. The average molecular weight is 298 g/mol. The summed E-state index contributed by atoms with van der Waals surface area (Å²) >= 11 is 1.35. The number of carbonyl (C=O) groups excluding carboxylic acids is 1. The first-order valence-electron chi connectivity index (χ1n) is 7.59. The van der Waals surface area contributed by atoms with Crippen LogP contribution in [0.3, 0.4) is 0 Å². The predicted molar refractivity (Wildman–Crippen MR) is 84.4 cm³/mol. The van der Waals surface area contributed by atoms with Crippen molar-refractivity contribution in [2.24, 2.45) is 0 Å². The SMILES string of the molecule is CCCCN(CCCC)C(=O)c1nnc(NCCC)s1. The van der Waals surface area contributed by atoms with Gasteiger partial charge in [-0.05, 0) is 19.3 Å². The molecule has 20 heavy (non-hydrogen) atoms. The molecule has 1 aromatic rings. The zero-order valence-corrected chi connectivity index (χ0v) is 13.6. The molecule has 0 aromatic carbocycles. The Balaban J connectivity index is 2.64. The summed E-state index contributed by atoms with van der Waals surface area (Å²) in [5.41, 5.74) is 0. The van der Waals surface area contributed by atoms with E-state index in [2.05, 4.69) is 36.3 Å². The van der Waals surface area contributed by atoms with Crippen LogP contribution in [0.25, 0.3) is 0 Å². The third-order valence-electron chi connectivity index (χ3n) is 2.98. The van der Waals surface area contributed by atoms with Crippen LogP contribution in [0.2, 0.25) is 0 Å². The van der Waals surface area contributed by atoms with E-state index >= 15 is 0 Å². The number of rotatable bonds is 10. The highest BCUT2D eigenvalue weighted by Crippen LogP contribution is 2.17. The number of unbranched alkanes of at least 4 members (excludes halogenated alkanes) is 2. The number of nitrogens with zero attached hydrogens (tertiary/aromatic N) is 3. The Morgan fingerprint density at radius 1 is 1.10 bits per heavy atom. The van der Waals surface area contributed by atoms with Gasteiger partial charge in [0.2, 0.25) is 10.1 Å². The fourth-order valence-corrected chi connectivity index (χ4v) is 2.50. The molecule has 1 N–H and O–H groups in total. The van der Waals surface area contributed by atoms with Gasteiger partial charge in [-0.25, -0.2) is 0 Å². The van der Waals surface area contributed by atoms with E-state index in [1.165, 1.54) is 11.3 Å². The third-order valence-corrected chi connectivity index (χ3v) is 3.85. The Morgan fingerprint density at radius 3 is 2.30 bits per heavy atom. The molecule has 0 atom stereocenters. The van der Waals surface area contributed by atoms with Gasteiger partial charge < -0.3 is 10.2 Å². The zero-order chi connectivity index (χ0) is 14.8. The van der Waals surface area contributed by atoms with Gasteiger partial charge in [-0.3, -0.25) is 4.79 Å². The van der Waals surface area contributed by atoms with Crippen LogP contribution in [0.4, 0.5) is 5.13 Å². The Labute approximate surface area is 125 Å². The predicted octanol–water partition coefficient (Wildman–Crippen LogP) is 3.40. The van der Waals surface area contributed by atoms with Crippen LogP contribution in [-0.4, -0.2) is 40.6 Å². The first-order chi connectivity index (χ1) is 9.72. The largest absolute Gasteiger partial charge is 0.360 e. The summed E-state index contributed by atoms with van der Waals surface area (Å²) in [5.74, 6) is 0.0222. The van der Waals surface area contributed by atoms with Crippen molar-refractivity contribution in [2.75, 3.05) is 25.0 Å². The van der Waals surface area contributed by atoms with Crippen molar-refractivity contribution in [2.45, 2.75) is 52.9 Å². The summed E-state index contributed by atoms with van der Waals surface area (Å²) in [6.07, 6.45) is 5.29. The van der Waals surface area contributed by atoms with Gasteiger partial charge in [0.1, 0.15) is 0 Å². The summed E-state index contributed by atoms with van der Waals surface area (Å²) < 4.78 is 0. The fraction of sp³-hybridized carbons (Fsp3) is 0.786. The molecule has 1 rings (SSSR count). The molecule has 6 heteroatoms. The quantitative estimate of drug-likeness (QED) is 0.719. The van der Waals surface area contributed by atoms with Crippen molar-refractivity contribution in [1.82, 2.24) is 15.1 Å². The van der Waals surface area contributed by atoms with Crippen molar-refractivity contribution in [3.63, 3.8) is 0 Å². The molecule has 0 radical (unpaired) electrons. The normalized spacial score (nSPS) is 10.6. The van der Waals surface area contributed by atoms with E-state index in [1.54, 1.807) is 0 Å². The molecule has 0 saturated carbocycles. The Kier molecular flexibility index (Phi) is 8.18. The highest BCUT2D eigenvalue weighted by Gasteiger charge is 2.19. The maximum atomic E-state index is 12.4. The van der Waals surface area contributed by atoms with E-state index in [-0.39, 0.29) is 5.91 Å². The van der Waals surface area contributed by atoms with Crippen molar-refractivity contribution in [3.05, 3.63) is 5.01 Å². The lowest BCUT2D eigenvalue weighted by molar-refractivity contribution is 0.0750. The van der Waals surface area contributed by atoms with Crippen molar-refractivity contribution in [3.8, 4) is 0 Å². The van der Waals surface area contributed by atoms with Gasteiger partial charge in [-0.15, -0.1) is 10.2 Å². The fourth-order valence-electron chi connectivity index (χ4n) is 1.76. The molecule has 1 amide bonds. The number of amides is 1. The number of nitrogens with one attached hydrogen (secondary N) is 1. The van der Waals surface area contributed by atoms with Gasteiger partial charge in [0.15, 0.2) is 0 Å². The molecule has 1 aromatic heterocycles. The molecule has 1 heterocycles. The number of aromatic nitrogens is 2. The van der Waals surface area contributed by atoms with E-state index in [0.29, 0.717) is 5.01 Å². The van der Waals surface area contributed by atoms with Gasteiger partial charge >= 0.3 is 0 Å². The lowest BCUT2D eigenvalue weighted by Crippen LogP contribution is -2.32. The van der Waals surface area contributed by atoms with Crippen LogP contribution in [-0.2, 0) is 0 Å². The van der Waals surface area contributed by atoms with Gasteiger partial charge in [0, 0.05) is 19.6 Å². The highest BCUT2D eigenvalue weighted by atomic mass is 32.1. The number of hydrogen-bond acceptors (Lipinski definition) is 5. The number of anilines is 1. The molecule has 5 nitrogen and oxygen atoms in total. The molecule has 0 aliphatic rings. The molecule has 0 aliphatic heterocycles. The topological polar surface area (TPSA) is 58.1 Å². The Hall–Kier alpha value is -1.17. The summed E-state index contributed by atoms with van der Waals surface area (Å²) in [5, 5.41) is 12.5. The molecule has 114 valence electrons. The van der Waals surface area contributed by atoms with E-state index in [1.807, 2.05) is 4.90 Å². The molecule has 0 saturated heterocycles. The van der Waals surface area contributed by atoms with Crippen LogP contribution in [0.15, 0.2) is 0 Å². The van der Waals surface area contributed by atoms with Gasteiger partial charge in [0.25, 0.3) is 5.91 Å².